The molecule has 0 radical (unpaired) electrons. The molecule has 0 bridgehead atoms. The van der Waals surface area contributed by atoms with Crippen LogP contribution in [0.25, 0.3) is 28.0 Å². The highest BCUT2D eigenvalue weighted by molar-refractivity contribution is 5.88. The van der Waals surface area contributed by atoms with Crippen molar-refractivity contribution >= 4 is 69.2 Å². The van der Waals surface area contributed by atoms with Gasteiger partial charge in [0, 0.05) is 105 Å². The highest BCUT2D eigenvalue weighted by Crippen LogP contribution is 2.42. The number of aryl methyl sites for hydroxylation is 1. The minimum atomic E-state index is -0.123. The Morgan fingerprint density at radius 3 is 1.60 bits per heavy atom. The highest BCUT2D eigenvalue weighted by Gasteiger charge is 2.35. The van der Waals surface area contributed by atoms with Gasteiger partial charge in [0.2, 0.25) is 29.6 Å². The Balaban J connectivity index is 0.000000158. The lowest BCUT2D eigenvalue weighted by Crippen LogP contribution is -2.44. The zero-order chi connectivity index (χ0) is 68.5. The van der Waals surface area contributed by atoms with Gasteiger partial charge in [-0.15, -0.1) is 0 Å². The van der Waals surface area contributed by atoms with Gasteiger partial charge in [0.05, 0.1) is 18.9 Å². The molecule has 3 amide bonds. The molecule has 7 unspecified atom stereocenters. The lowest BCUT2D eigenvalue weighted by molar-refractivity contribution is -0.127. The Labute approximate surface area is 572 Å². The topological polar surface area (TPSA) is 309 Å². The number of aromatic nitrogens is 12. The second-order valence-corrected chi connectivity index (χ2v) is 28.3. The van der Waals surface area contributed by atoms with Crippen molar-refractivity contribution in [2.24, 2.45) is 11.8 Å². The van der Waals surface area contributed by atoms with Crippen molar-refractivity contribution in [1.82, 2.24) is 74.2 Å². The average molecular weight is 1340 g/mol. The van der Waals surface area contributed by atoms with Gasteiger partial charge in [0.1, 0.15) is 22.7 Å². The van der Waals surface area contributed by atoms with E-state index in [1.807, 2.05) is 23.8 Å². The van der Waals surface area contributed by atoms with E-state index < -0.39 is 0 Å². The van der Waals surface area contributed by atoms with Gasteiger partial charge in [-0.25, -0.2) is 29.9 Å². The summed E-state index contributed by atoms with van der Waals surface area (Å²) in [6, 6.07) is 1.52. The van der Waals surface area contributed by atoms with Gasteiger partial charge in [-0.1, -0.05) is 52.3 Å². The average Bonchev–Trinajstić information content (AvgIpc) is 1.77. The highest BCUT2D eigenvalue weighted by atomic mass is 16.3. The number of nitrogens with zero attached hydrogens (tertiary/aromatic N) is 14. The number of amides is 3. The molecule has 25 heteroatoms. The molecule has 0 spiro atoms. The van der Waals surface area contributed by atoms with Crippen molar-refractivity contribution in [2.75, 3.05) is 60.3 Å². The molecule has 528 valence electrons. The second-order valence-electron chi connectivity index (χ2n) is 28.3. The minimum absolute atomic E-state index is 0.0249. The fourth-order valence-electron chi connectivity index (χ4n) is 15.8. The van der Waals surface area contributed by atoms with Gasteiger partial charge in [0.15, 0.2) is 28.6 Å². The smallest absolute Gasteiger partial charge is 0.246 e. The molecule has 8 heterocycles. The summed E-state index contributed by atoms with van der Waals surface area (Å²) < 4.78 is 6.02. The van der Waals surface area contributed by atoms with E-state index in [0.29, 0.717) is 30.3 Å². The maximum absolute atomic E-state index is 12.1. The van der Waals surface area contributed by atoms with Gasteiger partial charge in [0.25, 0.3) is 0 Å². The van der Waals surface area contributed by atoms with Crippen LogP contribution >= 0.6 is 0 Å². The number of imidazole rings is 2. The van der Waals surface area contributed by atoms with Gasteiger partial charge in [-0.05, 0) is 193 Å². The van der Waals surface area contributed by atoms with Gasteiger partial charge in [-0.3, -0.25) is 14.4 Å². The molecule has 10 atom stereocenters. The van der Waals surface area contributed by atoms with Crippen LogP contribution in [0.2, 0.25) is 0 Å². The third-order valence-corrected chi connectivity index (χ3v) is 21.0. The Bertz CT molecular complexity index is 3600. The summed E-state index contributed by atoms with van der Waals surface area (Å²) in [5, 5.41) is 50.3. The van der Waals surface area contributed by atoms with Gasteiger partial charge >= 0.3 is 0 Å². The number of hydrogen-bond donors (Lipinski definition) is 8. The first-order chi connectivity index (χ1) is 47.1. The minimum Gasteiger partial charge on any atom is -0.396 e. The first kappa shape index (κ1) is 72.1. The normalized spacial score (nSPS) is 24.6. The summed E-state index contributed by atoms with van der Waals surface area (Å²) in [6.45, 7) is 24.3. The molecule has 6 aromatic rings. The summed E-state index contributed by atoms with van der Waals surface area (Å²) in [6.07, 6.45) is 34.9. The molecule has 12 rings (SSSR count). The first-order valence-electron chi connectivity index (χ1n) is 36.5. The summed E-state index contributed by atoms with van der Waals surface area (Å²) in [7, 11) is 0. The van der Waals surface area contributed by atoms with E-state index in [0.717, 1.165) is 198 Å². The maximum Gasteiger partial charge on any atom is 0.246 e. The zero-order valence-electron chi connectivity index (χ0n) is 58.3. The van der Waals surface area contributed by atoms with E-state index in [1.54, 1.807) is 4.52 Å². The van der Waals surface area contributed by atoms with Crippen LogP contribution in [0.5, 0.6) is 0 Å². The lowest BCUT2D eigenvalue weighted by atomic mass is 9.77. The van der Waals surface area contributed by atoms with Crippen LogP contribution in [-0.2, 0) is 20.8 Å². The Kier molecular flexibility index (Phi) is 25.8. The quantitative estimate of drug-likeness (QED) is 0.0277. The van der Waals surface area contributed by atoms with Crippen LogP contribution in [0.1, 0.15) is 230 Å². The molecule has 2 saturated heterocycles. The number of hydrogen-bond acceptors (Lipinski definition) is 19. The third-order valence-electron chi connectivity index (χ3n) is 21.0. The van der Waals surface area contributed by atoms with Crippen molar-refractivity contribution in [1.29, 1.82) is 0 Å². The first-order valence-corrected chi connectivity index (χ1v) is 36.5. The van der Waals surface area contributed by atoms with Crippen molar-refractivity contribution in [3.05, 3.63) is 74.0 Å². The second kappa shape index (κ2) is 34.7. The molecule has 2 aliphatic heterocycles. The van der Waals surface area contributed by atoms with Crippen LogP contribution in [0.15, 0.2) is 56.8 Å². The molecule has 4 saturated carbocycles. The molecule has 6 aromatic heterocycles. The Morgan fingerprint density at radius 2 is 1.07 bits per heavy atom. The molecule has 25 nitrogen and oxygen atoms in total. The number of anilines is 4. The molecule has 4 aliphatic carbocycles. The predicted octanol–water partition coefficient (Wildman–Crippen LogP) is 10.2. The third kappa shape index (κ3) is 18.0. The molecule has 8 N–H and O–H groups in total. The number of aliphatic hydroxyl groups excluding tert-OH is 3. The number of likely N-dealkylation sites (tertiary alicyclic amines) is 1. The molecule has 97 heavy (non-hydrogen) atoms. The van der Waals surface area contributed by atoms with E-state index in [1.165, 1.54) is 50.3 Å². The van der Waals surface area contributed by atoms with Crippen LogP contribution < -0.4 is 31.5 Å². The maximum atomic E-state index is 12.1. The van der Waals surface area contributed by atoms with E-state index in [4.69, 9.17) is 29.9 Å². The summed E-state index contributed by atoms with van der Waals surface area (Å²) in [5.41, 5.74) is 5.24. The standard InChI is InChI=1S/C25H38N6O2.C24H36N6O2.C23H35N7O2/c1-4-21(33)27-18-9-7-10-19(14-18)28-24-22-25(31(15-26-22)16(2)3)30-23(29-24)20-11-6-5-8-17(20)12-13-32;1-4-20(32)29-12-7-9-18(14-29)26-23-21-24(30(15-25-21)16(2)3)28-22(27-23)19-10-6-5-8-17(19)11-13-31;1-3-16-15-24-30-21(16)27-22(29-12-6-5-10-19(29)11-13-31)28-23(30)26-18-9-7-8-17(14-18)25-20(32)4-2/h4,15-20,32H,1,5-14H2,2-3H3,(H,27,33)(H,28,29,30);4,15-19,31H,1,5-14H2,2-3H3,(H,26,27,28);4,15,17-19,31H,2-3,5-14H2,1H3,(H,25,32)(H,26,27,28)/t17-,18?,19?,20?;17-,18?,19?;17?,18?,19-/m000/s1. The number of carbonyl (C=O) groups is 3. The van der Waals surface area contributed by atoms with Gasteiger partial charge in [-0.2, -0.15) is 19.6 Å². The van der Waals surface area contributed by atoms with E-state index >= 15 is 0 Å². The molecular formula is C72H109N19O6. The summed E-state index contributed by atoms with van der Waals surface area (Å²) >= 11 is 0. The van der Waals surface area contributed by atoms with Crippen molar-refractivity contribution in [3.63, 3.8) is 0 Å². The molecule has 0 aromatic carbocycles. The molecular weight excluding hydrogens is 1230 g/mol. The van der Waals surface area contributed by atoms with E-state index in [9.17, 15) is 29.7 Å². The fourth-order valence-corrected chi connectivity index (χ4v) is 15.8. The summed E-state index contributed by atoms with van der Waals surface area (Å²) in [5.74, 6) is 5.76. The van der Waals surface area contributed by atoms with Crippen LogP contribution in [0.3, 0.4) is 0 Å². The van der Waals surface area contributed by atoms with E-state index in [-0.39, 0.29) is 97.7 Å². The van der Waals surface area contributed by atoms with Crippen LogP contribution in [0, 0.1) is 11.8 Å². The summed E-state index contributed by atoms with van der Waals surface area (Å²) in [4.78, 5) is 79.0. The van der Waals surface area contributed by atoms with Gasteiger partial charge < -0.3 is 60.8 Å². The fraction of sp³-hybridized carbons (Fsp3) is 0.667. The predicted molar refractivity (Wildman–Crippen MR) is 381 cm³/mol. The number of carbonyl (C=O) groups excluding carboxylic acids is 3. The van der Waals surface area contributed by atoms with Crippen LogP contribution in [0.4, 0.5) is 23.5 Å². The number of fused-ring (bicyclic) bond motifs is 3. The molecule has 6 fully saturated rings. The monoisotopic (exact) mass is 1340 g/mol. The molecule has 6 aliphatic rings. The number of rotatable bonds is 23. The number of nitrogens with one attached hydrogen (secondary N) is 5. The largest absolute Gasteiger partial charge is 0.396 e. The SMILES string of the molecule is C=CC(=O)N1CCCC(Nc2nc(C3CCCC[C@H]3CCO)nc3c2ncn3C(C)C)C1.C=CC(=O)NC1CCCC(Nc2nc(C3CCCC[C@H]3CCO)nc3c2ncn3C(C)C)C1.C=CC(=O)NC1CCCC(Nc2nc(N3CCCC[C@H]3CCO)nc3c(CC)cnn23)C1. The Morgan fingerprint density at radius 1 is 0.557 bits per heavy atom. The van der Waals surface area contributed by atoms with E-state index in [2.05, 4.69) is 110 Å². The lowest BCUT2D eigenvalue weighted by Gasteiger charge is -2.36. The number of aliphatic hydroxyl groups is 3. The van der Waals surface area contributed by atoms with Crippen LogP contribution in [-0.4, -0.2) is 172 Å². The number of piperidine rings is 2. The van der Waals surface area contributed by atoms with Crippen molar-refractivity contribution in [3.8, 4) is 0 Å². The van der Waals surface area contributed by atoms with Crippen molar-refractivity contribution < 1.29 is 29.7 Å². The zero-order valence-corrected chi connectivity index (χ0v) is 58.3. The van der Waals surface area contributed by atoms with Crippen molar-refractivity contribution in [2.45, 2.75) is 255 Å². The Hall–Kier alpha value is -7.64.